The molecule has 0 saturated heterocycles. The minimum absolute atomic E-state index is 0.0745. The van der Waals surface area contributed by atoms with Gasteiger partial charge in [-0.05, 0) is 76.1 Å². The number of anilines is 1. The summed E-state index contributed by atoms with van der Waals surface area (Å²) in [4.78, 5) is 28.5. The maximum Gasteiger partial charge on any atom is 0.264 e. The van der Waals surface area contributed by atoms with Crippen molar-refractivity contribution in [1.29, 1.82) is 0 Å². The van der Waals surface area contributed by atoms with E-state index in [0.717, 1.165) is 27.4 Å². The van der Waals surface area contributed by atoms with Gasteiger partial charge in [-0.3, -0.25) is 13.9 Å². The zero-order valence-corrected chi connectivity index (χ0v) is 24.6. The van der Waals surface area contributed by atoms with Crippen LogP contribution in [0.15, 0.2) is 77.7 Å². The van der Waals surface area contributed by atoms with E-state index in [-0.39, 0.29) is 23.4 Å². The smallest absolute Gasteiger partial charge is 0.264 e. The van der Waals surface area contributed by atoms with E-state index in [4.69, 9.17) is 11.6 Å². The van der Waals surface area contributed by atoms with Crippen molar-refractivity contribution in [3.8, 4) is 0 Å². The van der Waals surface area contributed by atoms with Gasteiger partial charge in [0.1, 0.15) is 12.6 Å². The molecule has 1 N–H and O–H groups in total. The van der Waals surface area contributed by atoms with E-state index < -0.39 is 28.5 Å². The van der Waals surface area contributed by atoms with Crippen LogP contribution in [0, 0.1) is 13.8 Å². The van der Waals surface area contributed by atoms with E-state index >= 15 is 0 Å². The molecule has 0 aliphatic rings. The van der Waals surface area contributed by atoms with Crippen LogP contribution in [0.1, 0.15) is 43.9 Å². The topological polar surface area (TPSA) is 86.8 Å². The van der Waals surface area contributed by atoms with E-state index in [1.807, 2.05) is 33.8 Å². The Kier molecular flexibility index (Phi) is 10.2. The van der Waals surface area contributed by atoms with E-state index in [1.165, 1.54) is 17.0 Å². The Morgan fingerprint density at radius 1 is 0.923 bits per heavy atom. The van der Waals surface area contributed by atoms with Gasteiger partial charge in [0.25, 0.3) is 10.0 Å². The Morgan fingerprint density at radius 2 is 1.51 bits per heavy atom. The summed E-state index contributed by atoms with van der Waals surface area (Å²) in [5.74, 6) is -0.832. The molecular formula is C30H36ClN3O4S. The van der Waals surface area contributed by atoms with Crippen LogP contribution in [0.25, 0.3) is 0 Å². The molecule has 0 bridgehead atoms. The average Bonchev–Trinajstić information content (AvgIpc) is 2.90. The predicted molar refractivity (Wildman–Crippen MR) is 156 cm³/mol. The fraction of sp³-hybridized carbons (Fsp3) is 0.333. The van der Waals surface area contributed by atoms with Crippen molar-refractivity contribution < 1.29 is 18.0 Å². The lowest BCUT2D eigenvalue weighted by Gasteiger charge is -2.32. The van der Waals surface area contributed by atoms with Crippen LogP contribution >= 0.6 is 11.6 Å². The second-order valence-corrected chi connectivity index (χ2v) is 12.1. The first kappa shape index (κ1) is 30.2. The van der Waals surface area contributed by atoms with Crippen LogP contribution in [0.5, 0.6) is 0 Å². The highest BCUT2D eigenvalue weighted by Crippen LogP contribution is 2.25. The number of hydrogen-bond acceptors (Lipinski definition) is 4. The highest BCUT2D eigenvalue weighted by atomic mass is 35.5. The standard InChI is InChI=1S/C30H36ClN3O4S/c1-6-23(4)32-30(36)24(5)33(19-25-8-7-9-26(31)18-25)29(35)20-34(27-14-10-21(2)11-15-27)39(37,38)28-16-12-22(3)13-17-28/h7-18,23-24H,6,19-20H2,1-5H3,(H,32,36)/t23-,24+/m0/s1. The summed E-state index contributed by atoms with van der Waals surface area (Å²) in [6, 6.07) is 19.5. The quantitative estimate of drug-likeness (QED) is 0.331. The lowest BCUT2D eigenvalue weighted by Crippen LogP contribution is -2.52. The number of amides is 2. The Morgan fingerprint density at radius 3 is 2.08 bits per heavy atom. The molecule has 208 valence electrons. The third kappa shape index (κ3) is 7.83. The van der Waals surface area contributed by atoms with Gasteiger partial charge in [-0.1, -0.05) is 66.0 Å². The van der Waals surface area contributed by atoms with Gasteiger partial charge in [0.2, 0.25) is 11.8 Å². The minimum Gasteiger partial charge on any atom is -0.352 e. The Hall–Kier alpha value is -3.36. The van der Waals surface area contributed by atoms with Gasteiger partial charge in [-0.25, -0.2) is 8.42 Å². The van der Waals surface area contributed by atoms with E-state index in [1.54, 1.807) is 61.5 Å². The molecule has 0 aliphatic carbocycles. The zero-order chi connectivity index (χ0) is 28.7. The lowest BCUT2D eigenvalue weighted by atomic mass is 10.1. The van der Waals surface area contributed by atoms with Crippen LogP contribution in [-0.2, 0) is 26.2 Å². The fourth-order valence-corrected chi connectivity index (χ4v) is 5.58. The molecule has 0 radical (unpaired) electrons. The molecule has 9 heteroatoms. The fourth-order valence-electron chi connectivity index (χ4n) is 3.96. The van der Waals surface area contributed by atoms with Crippen LogP contribution in [0.2, 0.25) is 5.02 Å². The molecule has 0 saturated carbocycles. The van der Waals surface area contributed by atoms with Gasteiger partial charge in [-0.15, -0.1) is 0 Å². The molecule has 2 atom stereocenters. The highest BCUT2D eigenvalue weighted by Gasteiger charge is 2.32. The molecule has 0 fully saturated rings. The molecule has 39 heavy (non-hydrogen) atoms. The van der Waals surface area contributed by atoms with E-state index in [9.17, 15) is 18.0 Å². The van der Waals surface area contributed by atoms with Crippen LogP contribution in [0.3, 0.4) is 0 Å². The van der Waals surface area contributed by atoms with Gasteiger partial charge < -0.3 is 10.2 Å². The Balaban J connectivity index is 2.02. The lowest BCUT2D eigenvalue weighted by molar-refractivity contribution is -0.139. The molecule has 0 aromatic heterocycles. The first-order valence-corrected chi connectivity index (χ1v) is 14.7. The number of nitrogens with zero attached hydrogens (tertiary/aromatic N) is 2. The number of rotatable bonds is 11. The minimum atomic E-state index is -4.10. The normalized spacial score (nSPS) is 12.9. The molecule has 0 heterocycles. The summed E-state index contributed by atoms with van der Waals surface area (Å²) < 4.78 is 28.8. The first-order valence-electron chi connectivity index (χ1n) is 12.9. The van der Waals surface area contributed by atoms with Crippen molar-refractivity contribution in [3.05, 3.63) is 94.5 Å². The second-order valence-electron chi connectivity index (χ2n) is 9.81. The Labute approximate surface area is 236 Å². The largest absolute Gasteiger partial charge is 0.352 e. The number of carbonyl (C=O) groups excluding carboxylic acids is 2. The third-order valence-electron chi connectivity index (χ3n) is 6.62. The molecule has 3 rings (SSSR count). The first-order chi connectivity index (χ1) is 18.4. The summed E-state index contributed by atoms with van der Waals surface area (Å²) in [5, 5.41) is 3.42. The predicted octanol–water partition coefficient (Wildman–Crippen LogP) is 5.48. The maximum atomic E-state index is 13.9. The van der Waals surface area contributed by atoms with Crippen LogP contribution < -0.4 is 9.62 Å². The number of halogens is 1. The number of sulfonamides is 1. The van der Waals surface area contributed by atoms with Gasteiger partial charge in [0, 0.05) is 17.6 Å². The number of carbonyl (C=O) groups is 2. The third-order valence-corrected chi connectivity index (χ3v) is 8.64. The number of hydrogen-bond donors (Lipinski definition) is 1. The molecular weight excluding hydrogens is 534 g/mol. The molecule has 3 aromatic rings. The van der Waals surface area contributed by atoms with Gasteiger partial charge in [0.05, 0.1) is 10.6 Å². The van der Waals surface area contributed by atoms with Gasteiger partial charge in [-0.2, -0.15) is 0 Å². The molecule has 0 spiro atoms. The van der Waals surface area contributed by atoms with E-state index in [2.05, 4.69) is 5.32 Å². The van der Waals surface area contributed by atoms with Gasteiger partial charge in [0.15, 0.2) is 0 Å². The summed E-state index contributed by atoms with van der Waals surface area (Å²) in [6.45, 7) is 8.86. The summed E-state index contributed by atoms with van der Waals surface area (Å²) in [7, 11) is -4.10. The maximum absolute atomic E-state index is 13.9. The van der Waals surface area contributed by atoms with Crippen LogP contribution in [0.4, 0.5) is 5.69 Å². The molecule has 7 nitrogen and oxygen atoms in total. The van der Waals surface area contributed by atoms with E-state index in [0.29, 0.717) is 10.7 Å². The van der Waals surface area contributed by atoms with Gasteiger partial charge >= 0.3 is 0 Å². The number of benzene rings is 3. The summed E-state index contributed by atoms with van der Waals surface area (Å²) >= 11 is 6.18. The molecule has 0 aliphatic heterocycles. The van der Waals surface area contributed by atoms with Crippen molar-refractivity contribution >= 4 is 39.1 Å². The highest BCUT2D eigenvalue weighted by molar-refractivity contribution is 7.92. The number of nitrogens with one attached hydrogen (secondary N) is 1. The molecule has 0 unspecified atom stereocenters. The summed E-state index contributed by atoms with van der Waals surface area (Å²) in [6.07, 6.45) is 0.733. The van der Waals surface area contributed by atoms with Crippen molar-refractivity contribution in [1.82, 2.24) is 10.2 Å². The molecule has 3 aromatic carbocycles. The van der Waals surface area contributed by atoms with Crippen molar-refractivity contribution in [2.45, 2.75) is 64.6 Å². The second kappa shape index (κ2) is 13.1. The zero-order valence-electron chi connectivity index (χ0n) is 23.0. The van der Waals surface area contributed by atoms with Crippen molar-refractivity contribution in [2.24, 2.45) is 0 Å². The summed E-state index contributed by atoms with van der Waals surface area (Å²) in [5.41, 5.74) is 2.95. The van der Waals surface area contributed by atoms with Crippen molar-refractivity contribution in [3.63, 3.8) is 0 Å². The monoisotopic (exact) mass is 569 g/mol. The van der Waals surface area contributed by atoms with Crippen LogP contribution in [-0.4, -0.2) is 43.8 Å². The average molecular weight is 570 g/mol. The Bertz CT molecular complexity index is 1390. The van der Waals surface area contributed by atoms with Crippen molar-refractivity contribution in [2.75, 3.05) is 10.8 Å². The SMILES string of the molecule is CC[C@H](C)NC(=O)[C@@H](C)N(Cc1cccc(Cl)c1)C(=O)CN(c1ccc(C)cc1)S(=O)(=O)c1ccc(C)cc1. The number of aryl methyl sites for hydroxylation is 2. The molecule has 2 amide bonds.